The average molecular weight is 333 g/mol. The molecule has 0 unspecified atom stereocenters. The summed E-state index contributed by atoms with van der Waals surface area (Å²) in [6.07, 6.45) is 2.22. The van der Waals surface area contributed by atoms with Gasteiger partial charge in [-0.25, -0.2) is 4.68 Å². The van der Waals surface area contributed by atoms with E-state index in [0.29, 0.717) is 11.6 Å². The van der Waals surface area contributed by atoms with Gasteiger partial charge in [-0.2, -0.15) is 0 Å². The molecule has 0 aliphatic heterocycles. The number of nitrogens with one attached hydrogen (secondary N) is 1. The van der Waals surface area contributed by atoms with Gasteiger partial charge in [-0.3, -0.25) is 4.79 Å². The third-order valence-corrected chi connectivity index (χ3v) is 4.25. The van der Waals surface area contributed by atoms with E-state index in [0.717, 1.165) is 41.0 Å². The Morgan fingerprint density at radius 1 is 1.12 bits per heavy atom. The summed E-state index contributed by atoms with van der Waals surface area (Å²) in [5.41, 5.74) is 4.43. The molecule has 25 heavy (non-hydrogen) atoms. The first kappa shape index (κ1) is 15.5. The van der Waals surface area contributed by atoms with Gasteiger partial charge < -0.3 is 5.32 Å². The molecule has 126 valence electrons. The number of benzene rings is 2. The molecule has 1 amide bonds. The number of tetrazole rings is 1. The molecule has 0 bridgehead atoms. The molecule has 6 heteroatoms. The number of nitrogens with zero attached hydrogens (tertiary/aromatic N) is 4. The Hall–Kier alpha value is -3.02. The number of carbonyl (C=O) groups is 1. The van der Waals surface area contributed by atoms with Crippen LogP contribution in [-0.4, -0.2) is 26.1 Å². The van der Waals surface area contributed by atoms with Crippen LogP contribution in [0.4, 0.5) is 5.69 Å². The highest BCUT2D eigenvalue weighted by Crippen LogP contribution is 2.36. The van der Waals surface area contributed by atoms with Crippen LogP contribution in [0.2, 0.25) is 0 Å². The van der Waals surface area contributed by atoms with Gasteiger partial charge in [0.1, 0.15) is 0 Å². The third kappa shape index (κ3) is 3.28. The van der Waals surface area contributed by atoms with Crippen molar-refractivity contribution in [3.63, 3.8) is 0 Å². The molecule has 1 saturated carbocycles. The van der Waals surface area contributed by atoms with E-state index in [1.54, 1.807) is 0 Å². The number of amides is 1. The second-order valence-corrected chi connectivity index (χ2v) is 6.59. The molecule has 0 radical (unpaired) electrons. The van der Waals surface area contributed by atoms with Gasteiger partial charge in [-0.1, -0.05) is 29.3 Å². The van der Waals surface area contributed by atoms with E-state index in [-0.39, 0.29) is 5.91 Å². The summed E-state index contributed by atoms with van der Waals surface area (Å²) in [5.74, 6) is 0.621. The number of aryl methyl sites for hydroxylation is 2. The zero-order valence-electron chi connectivity index (χ0n) is 14.2. The van der Waals surface area contributed by atoms with E-state index >= 15 is 0 Å². The van der Waals surface area contributed by atoms with Crippen LogP contribution in [0.3, 0.4) is 0 Å². The summed E-state index contributed by atoms with van der Waals surface area (Å²) in [7, 11) is 0. The van der Waals surface area contributed by atoms with E-state index in [2.05, 4.69) is 26.9 Å². The van der Waals surface area contributed by atoms with Crippen molar-refractivity contribution in [3.8, 4) is 11.4 Å². The van der Waals surface area contributed by atoms with Crippen LogP contribution in [0.5, 0.6) is 0 Å². The van der Waals surface area contributed by atoms with Gasteiger partial charge in [0.15, 0.2) is 5.82 Å². The minimum atomic E-state index is -0.120. The molecule has 0 saturated heterocycles. The normalized spacial score (nSPS) is 13.7. The molecule has 1 heterocycles. The zero-order valence-corrected chi connectivity index (χ0v) is 14.2. The van der Waals surface area contributed by atoms with Crippen molar-refractivity contribution in [1.82, 2.24) is 20.2 Å². The molecule has 1 aliphatic carbocycles. The van der Waals surface area contributed by atoms with Crippen molar-refractivity contribution in [2.24, 2.45) is 0 Å². The molecule has 6 nitrogen and oxygen atoms in total. The number of rotatable bonds is 4. The van der Waals surface area contributed by atoms with Crippen LogP contribution >= 0.6 is 0 Å². The summed E-state index contributed by atoms with van der Waals surface area (Å²) in [6, 6.07) is 13.9. The van der Waals surface area contributed by atoms with Crippen molar-refractivity contribution in [1.29, 1.82) is 0 Å². The molecule has 1 aliphatic rings. The minimum absolute atomic E-state index is 0.120. The van der Waals surface area contributed by atoms with Gasteiger partial charge >= 0.3 is 0 Å². The highest BCUT2D eigenvalue weighted by Gasteiger charge is 2.28. The van der Waals surface area contributed by atoms with Crippen molar-refractivity contribution in [3.05, 3.63) is 59.2 Å². The first-order valence-electron chi connectivity index (χ1n) is 8.38. The van der Waals surface area contributed by atoms with E-state index in [4.69, 9.17) is 0 Å². The summed E-state index contributed by atoms with van der Waals surface area (Å²) in [6.45, 7) is 3.98. The van der Waals surface area contributed by atoms with Crippen molar-refractivity contribution < 1.29 is 4.79 Å². The predicted octanol–water partition coefficient (Wildman–Crippen LogP) is 3.54. The lowest BCUT2D eigenvalue weighted by Gasteiger charge is -2.09. The van der Waals surface area contributed by atoms with E-state index in [1.807, 2.05) is 54.9 Å². The maximum atomic E-state index is 12.5. The minimum Gasteiger partial charge on any atom is -0.322 e. The fraction of sp³-hybridized carbons (Fsp3) is 0.263. The molecule has 1 fully saturated rings. The summed E-state index contributed by atoms with van der Waals surface area (Å²) >= 11 is 0. The number of aromatic nitrogens is 4. The van der Waals surface area contributed by atoms with Crippen LogP contribution in [-0.2, 0) is 0 Å². The molecule has 0 atom stereocenters. The zero-order chi connectivity index (χ0) is 17.4. The van der Waals surface area contributed by atoms with Crippen molar-refractivity contribution in [2.75, 3.05) is 5.32 Å². The molecule has 4 rings (SSSR count). The van der Waals surface area contributed by atoms with Crippen LogP contribution in [0, 0.1) is 13.8 Å². The van der Waals surface area contributed by atoms with E-state index in [9.17, 15) is 4.79 Å². The van der Waals surface area contributed by atoms with Gasteiger partial charge in [0.2, 0.25) is 0 Å². The van der Waals surface area contributed by atoms with E-state index < -0.39 is 0 Å². The number of anilines is 1. The standard InChI is InChI=1S/C19H19N5O/c1-12-8-13(2)10-15(9-12)19(25)20-16-5-3-4-14(11-16)18-21-22-23-24(18)17-6-7-17/h3-5,8-11,17H,6-7H2,1-2H3,(H,20,25). The van der Waals surface area contributed by atoms with Crippen LogP contribution in [0.1, 0.15) is 40.4 Å². The molecule has 1 aromatic heterocycles. The third-order valence-electron chi connectivity index (χ3n) is 4.25. The molecule has 3 aromatic rings. The molecule has 0 spiro atoms. The molecule has 1 N–H and O–H groups in total. The second kappa shape index (κ2) is 6.12. The van der Waals surface area contributed by atoms with Crippen molar-refractivity contribution >= 4 is 11.6 Å². The monoisotopic (exact) mass is 333 g/mol. The Morgan fingerprint density at radius 2 is 1.88 bits per heavy atom. The number of hydrogen-bond donors (Lipinski definition) is 1. The lowest BCUT2D eigenvalue weighted by atomic mass is 10.1. The maximum Gasteiger partial charge on any atom is 0.255 e. The highest BCUT2D eigenvalue weighted by atomic mass is 16.1. The van der Waals surface area contributed by atoms with Crippen LogP contribution in [0.25, 0.3) is 11.4 Å². The predicted molar refractivity (Wildman–Crippen MR) is 95.4 cm³/mol. The summed E-state index contributed by atoms with van der Waals surface area (Å²) < 4.78 is 1.87. The van der Waals surface area contributed by atoms with Crippen molar-refractivity contribution in [2.45, 2.75) is 32.7 Å². The Kier molecular flexibility index (Phi) is 3.80. The Labute approximate surface area is 145 Å². The van der Waals surface area contributed by atoms with E-state index in [1.165, 1.54) is 0 Å². The Balaban J connectivity index is 1.59. The first-order chi connectivity index (χ1) is 12.1. The maximum absolute atomic E-state index is 12.5. The average Bonchev–Trinajstić information content (AvgIpc) is 3.31. The van der Waals surface area contributed by atoms with Crippen LogP contribution < -0.4 is 5.32 Å². The quantitative estimate of drug-likeness (QED) is 0.792. The van der Waals surface area contributed by atoms with Gasteiger partial charge in [0.05, 0.1) is 6.04 Å². The fourth-order valence-corrected chi connectivity index (χ4v) is 2.99. The van der Waals surface area contributed by atoms with Gasteiger partial charge in [-0.15, -0.1) is 5.10 Å². The summed E-state index contributed by atoms with van der Waals surface area (Å²) in [5, 5.41) is 15.0. The number of carbonyl (C=O) groups excluding carboxylic acids is 1. The lowest BCUT2D eigenvalue weighted by Crippen LogP contribution is -2.12. The lowest BCUT2D eigenvalue weighted by molar-refractivity contribution is 0.102. The molecular weight excluding hydrogens is 314 g/mol. The van der Waals surface area contributed by atoms with Gasteiger partial charge in [0.25, 0.3) is 5.91 Å². The molecular formula is C19H19N5O. The second-order valence-electron chi connectivity index (χ2n) is 6.59. The SMILES string of the molecule is Cc1cc(C)cc(C(=O)Nc2cccc(-c3nnnn3C3CC3)c2)c1. The van der Waals surface area contributed by atoms with Crippen LogP contribution in [0.15, 0.2) is 42.5 Å². The topological polar surface area (TPSA) is 72.7 Å². The fourth-order valence-electron chi connectivity index (χ4n) is 2.99. The first-order valence-corrected chi connectivity index (χ1v) is 8.38. The van der Waals surface area contributed by atoms with Gasteiger partial charge in [0, 0.05) is 16.8 Å². The number of hydrogen-bond acceptors (Lipinski definition) is 4. The largest absolute Gasteiger partial charge is 0.322 e. The Morgan fingerprint density at radius 3 is 2.60 bits per heavy atom. The smallest absolute Gasteiger partial charge is 0.255 e. The summed E-state index contributed by atoms with van der Waals surface area (Å²) in [4.78, 5) is 12.5. The molecule has 2 aromatic carbocycles. The van der Waals surface area contributed by atoms with Gasteiger partial charge in [-0.05, 0) is 61.4 Å². The Bertz CT molecular complexity index is 922. The highest BCUT2D eigenvalue weighted by molar-refractivity contribution is 6.04.